The molecule has 0 radical (unpaired) electrons. The van der Waals surface area contributed by atoms with Crippen LogP contribution in [0.15, 0.2) is 18.2 Å². The molecule has 5 nitrogen and oxygen atoms in total. The topological polar surface area (TPSA) is 59.5 Å². The molecule has 1 fully saturated rings. The molecule has 0 amide bonds. The van der Waals surface area contributed by atoms with E-state index >= 15 is 0 Å². The fraction of sp³-hybridized carbons (Fsp3) is 0.643. The van der Waals surface area contributed by atoms with Crippen molar-refractivity contribution in [3.05, 3.63) is 23.9 Å². The zero-order valence-electron chi connectivity index (χ0n) is 12.1. The highest BCUT2D eigenvalue weighted by Crippen LogP contribution is 2.24. The molecular formula is C14H22N2O3S. The van der Waals surface area contributed by atoms with Gasteiger partial charge in [0.15, 0.2) is 0 Å². The van der Waals surface area contributed by atoms with Gasteiger partial charge in [0.25, 0.3) is 10.1 Å². The molecule has 1 aromatic heterocycles. The molecule has 1 aliphatic heterocycles. The number of pyridine rings is 1. The van der Waals surface area contributed by atoms with E-state index in [-0.39, 0.29) is 0 Å². The molecule has 0 atom stereocenters. The number of hydrogen-bond donors (Lipinski definition) is 0. The van der Waals surface area contributed by atoms with E-state index < -0.39 is 10.1 Å². The summed E-state index contributed by atoms with van der Waals surface area (Å²) in [5.41, 5.74) is 1.03. The Bertz CT molecular complexity index is 537. The number of nitrogens with zero attached hydrogens (tertiary/aromatic N) is 2. The molecule has 2 rings (SSSR count). The van der Waals surface area contributed by atoms with E-state index in [4.69, 9.17) is 4.18 Å². The maximum Gasteiger partial charge on any atom is 0.264 e. The van der Waals surface area contributed by atoms with Crippen LogP contribution in [0.2, 0.25) is 0 Å². The Hall–Kier alpha value is -1.14. The Balaban J connectivity index is 1.78. The van der Waals surface area contributed by atoms with Crippen molar-refractivity contribution < 1.29 is 12.6 Å². The van der Waals surface area contributed by atoms with Crippen LogP contribution in [0.4, 0.5) is 5.82 Å². The van der Waals surface area contributed by atoms with E-state index in [0.717, 1.165) is 50.1 Å². The summed E-state index contributed by atoms with van der Waals surface area (Å²) in [4.78, 5) is 6.83. The van der Waals surface area contributed by atoms with Gasteiger partial charge in [0, 0.05) is 18.8 Å². The molecule has 20 heavy (non-hydrogen) atoms. The van der Waals surface area contributed by atoms with Crippen molar-refractivity contribution in [2.45, 2.75) is 26.2 Å². The van der Waals surface area contributed by atoms with Crippen molar-refractivity contribution in [3.8, 4) is 0 Å². The Morgan fingerprint density at radius 1 is 1.35 bits per heavy atom. The Labute approximate surface area is 121 Å². The summed E-state index contributed by atoms with van der Waals surface area (Å²) in [6.45, 7) is 4.24. The molecule has 6 heteroatoms. The third-order valence-electron chi connectivity index (χ3n) is 3.64. The fourth-order valence-electron chi connectivity index (χ4n) is 2.52. The van der Waals surface area contributed by atoms with Crippen molar-refractivity contribution in [2.75, 3.05) is 30.9 Å². The number of aryl methyl sites for hydroxylation is 1. The van der Waals surface area contributed by atoms with E-state index in [9.17, 15) is 8.42 Å². The quantitative estimate of drug-likeness (QED) is 0.778. The molecule has 0 spiro atoms. The number of hydrogen-bond acceptors (Lipinski definition) is 5. The van der Waals surface area contributed by atoms with Crippen molar-refractivity contribution in [1.29, 1.82) is 0 Å². The lowest BCUT2D eigenvalue weighted by molar-refractivity contribution is 0.264. The van der Waals surface area contributed by atoms with Crippen LogP contribution in [0.3, 0.4) is 0 Å². The molecule has 1 aliphatic rings. The SMILES string of the molecule is Cc1cccc(N2CCC(CCOS(C)(=O)=O)CC2)n1. The first kappa shape index (κ1) is 15.3. The van der Waals surface area contributed by atoms with E-state index in [2.05, 4.69) is 9.88 Å². The summed E-state index contributed by atoms with van der Waals surface area (Å²) in [5.74, 6) is 1.58. The van der Waals surface area contributed by atoms with Gasteiger partial charge in [-0.25, -0.2) is 4.98 Å². The first-order valence-corrected chi connectivity index (χ1v) is 8.79. The summed E-state index contributed by atoms with van der Waals surface area (Å²) < 4.78 is 26.6. The second-order valence-corrected chi connectivity index (χ2v) is 7.03. The number of piperidine rings is 1. The molecule has 0 aromatic carbocycles. The van der Waals surface area contributed by atoms with Crippen LogP contribution in [0, 0.1) is 12.8 Å². The van der Waals surface area contributed by atoms with Crippen LogP contribution in [-0.4, -0.2) is 39.4 Å². The average molecular weight is 298 g/mol. The van der Waals surface area contributed by atoms with Gasteiger partial charge < -0.3 is 4.90 Å². The molecule has 1 saturated heterocycles. The Kier molecular flexibility index (Phi) is 4.99. The highest BCUT2D eigenvalue weighted by Gasteiger charge is 2.20. The predicted molar refractivity (Wildman–Crippen MR) is 79.3 cm³/mol. The summed E-state index contributed by atoms with van der Waals surface area (Å²) in [6, 6.07) is 6.07. The van der Waals surface area contributed by atoms with Crippen molar-refractivity contribution in [3.63, 3.8) is 0 Å². The van der Waals surface area contributed by atoms with E-state index in [0.29, 0.717) is 12.5 Å². The van der Waals surface area contributed by atoms with Crippen molar-refractivity contribution in [1.82, 2.24) is 4.98 Å². The van der Waals surface area contributed by atoms with Gasteiger partial charge in [0.05, 0.1) is 12.9 Å². The maximum absolute atomic E-state index is 10.9. The minimum Gasteiger partial charge on any atom is -0.357 e. The van der Waals surface area contributed by atoms with Crippen LogP contribution in [0.5, 0.6) is 0 Å². The Morgan fingerprint density at radius 2 is 2.05 bits per heavy atom. The predicted octanol–water partition coefficient (Wildman–Crippen LogP) is 1.97. The van der Waals surface area contributed by atoms with Crippen LogP contribution in [0.1, 0.15) is 25.0 Å². The third kappa shape index (κ3) is 4.76. The molecule has 0 saturated carbocycles. The van der Waals surface area contributed by atoms with E-state index in [1.165, 1.54) is 0 Å². The zero-order valence-corrected chi connectivity index (χ0v) is 12.9. The summed E-state index contributed by atoms with van der Waals surface area (Å²) >= 11 is 0. The molecule has 2 heterocycles. The lowest BCUT2D eigenvalue weighted by atomic mass is 9.94. The van der Waals surface area contributed by atoms with Crippen LogP contribution in [0.25, 0.3) is 0 Å². The highest BCUT2D eigenvalue weighted by molar-refractivity contribution is 7.85. The average Bonchev–Trinajstić information content (AvgIpc) is 2.38. The standard InChI is InChI=1S/C14H22N2O3S/c1-12-4-3-5-14(15-12)16-9-6-13(7-10-16)8-11-19-20(2,17)18/h3-5,13H,6-11H2,1-2H3. The van der Waals surface area contributed by atoms with Crippen LogP contribution >= 0.6 is 0 Å². The first-order chi connectivity index (χ1) is 9.44. The number of rotatable bonds is 5. The van der Waals surface area contributed by atoms with Gasteiger partial charge >= 0.3 is 0 Å². The maximum atomic E-state index is 10.9. The van der Waals surface area contributed by atoms with Gasteiger partial charge in [-0.2, -0.15) is 8.42 Å². The van der Waals surface area contributed by atoms with Gasteiger partial charge in [-0.3, -0.25) is 4.18 Å². The highest BCUT2D eigenvalue weighted by atomic mass is 32.2. The smallest absolute Gasteiger partial charge is 0.264 e. The molecule has 0 bridgehead atoms. The molecule has 1 aromatic rings. The normalized spacial score (nSPS) is 17.4. The van der Waals surface area contributed by atoms with Gasteiger partial charge in [-0.05, 0) is 44.2 Å². The van der Waals surface area contributed by atoms with Gasteiger partial charge in [-0.1, -0.05) is 6.07 Å². The van der Waals surface area contributed by atoms with Crippen molar-refractivity contribution >= 4 is 15.9 Å². The lowest BCUT2D eigenvalue weighted by Gasteiger charge is -2.32. The fourth-order valence-corrected chi connectivity index (χ4v) is 2.92. The largest absolute Gasteiger partial charge is 0.357 e. The molecule has 0 aliphatic carbocycles. The van der Waals surface area contributed by atoms with Gasteiger partial charge in [-0.15, -0.1) is 0 Å². The second kappa shape index (κ2) is 6.54. The number of aromatic nitrogens is 1. The summed E-state index contributed by atoms with van der Waals surface area (Å²) in [7, 11) is -3.30. The second-order valence-electron chi connectivity index (χ2n) is 5.38. The van der Waals surface area contributed by atoms with Crippen LogP contribution < -0.4 is 4.90 Å². The minimum atomic E-state index is -3.30. The molecule has 0 N–H and O–H groups in total. The molecule has 112 valence electrons. The first-order valence-electron chi connectivity index (χ1n) is 6.97. The van der Waals surface area contributed by atoms with Crippen LogP contribution in [-0.2, 0) is 14.3 Å². The summed E-state index contributed by atoms with van der Waals surface area (Å²) in [5, 5.41) is 0. The Morgan fingerprint density at radius 3 is 2.65 bits per heavy atom. The monoisotopic (exact) mass is 298 g/mol. The van der Waals surface area contributed by atoms with Gasteiger partial charge in [0.1, 0.15) is 5.82 Å². The molecule has 0 unspecified atom stereocenters. The summed E-state index contributed by atoms with van der Waals surface area (Å²) in [6.07, 6.45) is 4.02. The minimum absolute atomic E-state index is 0.298. The molecular weight excluding hydrogens is 276 g/mol. The van der Waals surface area contributed by atoms with Crippen molar-refractivity contribution in [2.24, 2.45) is 5.92 Å². The zero-order chi connectivity index (χ0) is 14.6. The van der Waals surface area contributed by atoms with Gasteiger partial charge in [0.2, 0.25) is 0 Å². The number of anilines is 1. The third-order valence-corrected chi connectivity index (χ3v) is 4.23. The van der Waals surface area contributed by atoms with E-state index in [1.54, 1.807) is 0 Å². The van der Waals surface area contributed by atoms with E-state index in [1.807, 2.05) is 25.1 Å². The lowest BCUT2D eigenvalue weighted by Crippen LogP contribution is -2.34.